The van der Waals surface area contributed by atoms with E-state index in [1.54, 1.807) is 30.5 Å². The highest BCUT2D eigenvalue weighted by atomic mass is 79.9. The van der Waals surface area contributed by atoms with Crippen LogP contribution in [0.15, 0.2) is 63.5 Å². The molecule has 0 unspecified atom stereocenters. The van der Waals surface area contributed by atoms with E-state index < -0.39 is 0 Å². The van der Waals surface area contributed by atoms with Gasteiger partial charge < -0.3 is 5.11 Å². The molecule has 3 rings (SSSR count). The van der Waals surface area contributed by atoms with E-state index in [1.807, 2.05) is 29.6 Å². The van der Waals surface area contributed by atoms with Gasteiger partial charge in [-0.3, -0.25) is 5.43 Å². The number of phenols is 1. The van der Waals surface area contributed by atoms with Gasteiger partial charge in [0.15, 0.2) is 0 Å². The summed E-state index contributed by atoms with van der Waals surface area (Å²) in [5.41, 5.74) is 5.79. The number of hydrogen-bond acceptors (Lipinski definition) is 5. The van der Waals surface area contributed by atoms with Crippen LogP contribution in [0.25, 0.3) is 11.3 Å². The van der Waals surface area contributed by atoms with E-state index in [0.717, 1.165) is 26.4 Å². The Morgan fingerprint density at radius 2 is 1.82 bits per heavy atom. The second-order valence-corrected chi connectivity index (χ2v) is 6.28. The van der Waals surface area contributed by atoms with Crippen molar-refractivity contribution >= 4 is 38.6 Å². The number of aromatic hydroxyl groups is 1. The average Bonchev–Trinajstić information content (AvgIpc) is 2.99. The lowest BCUT2D eigenvalue weighted by Crippen LogP contribution is -1.90. The molecule has 0 atom stereocenters. The Morgan fingerprint density at radius 3 is 2.55 bits per heavy atom. The number of rotatable bonds is 4. The minimum absolute atomic E-state index is 0.240. The van der Waals surface area contributed by atoms with Crippen molar-refractivity contribution < 1.29 is 5.11 Å². The molecule has 110 valence electrons. The van der Waals surface area contributed by atoms with Crippen LogP contribution < -0.4 is 5.43 Å². The molecule has 0 bridgehead atoms. The normalized spacial score (nSPS) is 11.0. The summed E-state index contributed by atoms with van der Waals surface area (Å²) in [6.45, 7) is 0. The van der Waals surface area contributed by atoms with Crippen molar-refractivity contribution in [1.82, 2.24) is 4.98 Å². The zero-order valence-electron chi connectivity index (χ0n) is 11.4. The number of aromatic nitrogens is 1. The van der Waals surface area contributed by atoms with Gasteiger partial charge >= 0.3 is 0 Å². The van der Waals surface area contributed by atoms with Crippen molar-refractivity contribution in [3.8, 4) is 17.0 Å². The number of hydrogen-bond donors (Lipinski definition) is 2. The second kappa shape index (κ2) is 6.72. The maximum Gasteiger partial charge on any atom is 0.203 e. The third kappa shape index (κ3) is 3.72. The molecule has 2 aromatic carbocycles. The van der Waals surface area contributed by atoms with Gasteiger partial charge in [-0.05, 0) is 42.0 Å². The zero-order chi connectivity index (χ0) is 15.4. The van der Waals surface area contributed by atoms with Gasteiger partial charge in [-0.25, -0.2) is 4.98 Å². The zero-order valence-corrected chi connectivity index (χ0v) is 13.8. The molecule has 0 aliphatic carbocycles. The summed E-state index contributed by atoms with van der Waals surface area (Å²) in [6, 6.07) is 14.8. The summed E-state index contributed by atoms with van der Waals surface area (Å²) in [5, 5.41) is 16.1. The van der Waals surface area contributed by atoms with Gasteiger partial charge in [0.1, 0.15) is 5.75 Å². The lowest BCUT2D eigenvalue weighted by Gasteiger charge is -1.97. The molecule has 1 aromatic heterocycles. The first-order chi connectivity index (χ1) is 10.7. The molecular formula is C16H12BrN3OS. The molecule has 22 heavy (non-hydrogen) atoms. The predicted octanol–water partition coefficient (Wildman–Crippen LogP) is 4.72. The van der Waals surface area contributed by atoms with E-state index in [2.05, 4.69) is 31.4 Å². The first-order valence-corrected chi connectivity index (χ1v) is 8.17. The number of anilines is 1. The Balaban J connectivity index is 1.66. The maximum atomic E-state index is 9.22. The van der Waals surface area contributed by atoms with E-state index in [1.165, 1.54) is 11.3 Å². The molecule has 2 N–H and O–H groups in total. The summed E-state index contributed by atoms with van der Waals surface area (Å²) < 4.78 is 1.04. The van der Waals surface area contributed by atoms with Crippen LogP contribution >= 0.6 is 27.3 Å². The molecular weight excluding hydrogens is 362 g/mol. The summed E-state index contributed by atoms with van der Waals surface area (Å²) in [6.07, 6.45) is 1.68. The molecule has 1 heterocycles. The van der Waals surface area contributed by atoms with Gasteiger partial charge in [0, 0.05) is 15.4 Å². The number of hydrazone groups is 1. The monoisotopic (exact) mass is 373 g/mol. The molecule has 0 spiro atoms. The van der Waals surface area contributed by atoms with Crippen molar-refractivity contribution in [2.75, 3.05) is 5.43 Å². The van der Waals surface area contributed by atoms with E-state index >= 15 is 0 Å². The van der Waals surface area contributed by atoms with Crippen molar-refractivity contribution in [2.24, 2.45) is 5.10 Å². The average molecular weight is 374 g/mol. The fourth-order valence-corrected chi connectivity index (χ4v) is 2.73. The van der Waals surface area contributed by atoms with Crippen LogP contribution in [0.1, 0.15) is 5.56 Å². The Kier molecular flexibility index (Phi) is 4.50. The molecule has 0 fully saturated rings. The largest absolute Gasteiger partial charge is 0.508 e. The highest BCUT2D eigenvalue weighted by Crippen LogP contribution is 2.26. The van der Waals surface area contributed by atoms with Crippen LogP contribution in [0, 0.1) is 0 Å². The molecule has 4 nitrogen and oxygen atoms in total. The molecule has 6 heteroatoms. The van der Waals surface area contributed by atoms with Gasteiger partial charge in [-0.15, -0.1) is 11.3 Å². The van der Waals surface area contributed by atoms with E-state index in [0.29, 0.717) is 0 Å². The van der Waals surface area contributed by atoms with E-state index in [9.17, 15) is 5.11 Å². The first-order valence-electron chi connectivity index (χ1n) is 6.50. The van der Waals surface area contributed by atoms with Crippen LogP contribution in [0.5, 0.6) is 5.75 Å². The molecule has 0 aliphatic heterocycles. The number of nitrogens with one attached hydrogen (secondary N) is 1. The number of halogens is 1. The van der Waals surface area contributed by atoms with Crippen LogP contribution in [0.2, 0.25) is 0 Å². The molecule has 0 amide bonds. The summed E-state index contributed by atoms with van der Waals surface area (Å²) in [5.74, 6) is 0.240. The minimum Gasteiger partial charge on any atom is -0.508 e. The standard InChI is InChI=1S/C16H12BrN3OS/c17-13-5-3-12(4-6-13)15-10-22-16(19-15)20-18-9-11-1-7-14(21)8-2-11/h1-10,21H,(H,19,20). The highest BCUT2D eigenvalue weighted by Gasteiger charge is 2.03. The number of nitrogens with zero attached hydrogens (tertiary/aromatic N) is 2. The summed E-state index contributed by atoms with van der Waals surface area (Å²) >= 11 is 4.92. The second-order valence-electron chi connectivity index (χ2n) is 4.51. The summed E-state index contributed by atoms with van der Waals surface area (Å²) in [4.78, 5) is 4.49. The van der Waals surface area contributed by atoms with E-state index in [-0.39, 0.29) is 5.75 Å². The fourth-order valence-electron chi connectivity index (χ4n) is 1.80. The Morgan fingerprint density at radius 1 is 1.09 bits per heavy atom. The maximum absolute atomic E-state index is 9.22. The van der Waals surface area contributed by atoms with Crippen LogP contribution in [-0.2, 0) is 0 Å². The first kappa shape index (κ1) is 14.7. The Labute approximate surface area is 140 Å². The van der Waals surface area contributed by atoms with Gasteiger partial charge in [0.2, 0.25) is 5.13 Å². The Bertz CT molecular complexity index is 782. The van der Waals surface area contributed by atoms with Crippen LogP contribution in [0.3, 0.4) is 0 Å². The number of phenolic OH excluding ortho intramolecular Hbond substituents is 1. The van der Waals surface area contributed by atoms with Crippen molar-refractivity contribution in [2.45, 2.75) is 0 Å². The molecule has 0 radical (unpaired) electrons. The molecule has 0 saturated carbocycles. The molecule has 3 aromatic rings. The van der Waals surface area contributed by atoms with Crippen molar-refractivity contribution in [1.29, 1.82) is 0 Å². The van der Waals surface area contributed by atoms with Gasteiger partial charge in [-0.2, -0.15) is 5.10 Å². The number of thiazole rings is 1. The highest BCUT2D eigenvalue weighted by molar-refractivity contribution is 9.10. The van der Waals surface area contributed by atoms with Crippen LogP contribution in [-0.4, -0.2) is 16.3 Å². The minimum atomic E-state index is 0.240. The van der Waals surface area contributed by atoms with Gasteiger partial charge in [0.05, 0.1) is 11.9 Å². The lowest BCUT2D eigenvalue weighted by molar-refractivity contribution is 0.475. The summed E-state index contributed by atoms with van der Waals surface area (Å²) in [7, 11) is 0. The van der Waals surface area contributed by atoms with Crippen molar-refractivity contribution in [3.05, 3.63) is 63.9 Å². The molecule has 0 saturated heterocycles. The van der Waals surface area contributed by atoms with Crippen LogP contribution in [0.4, 0.5) is 5.13 Å². The van der Waals surface area contributed by atoms with Crippen molar-refractivity contribution in [3.63, 3.8) is 0 Å². The van der Waals surface area contributed by atoms with Gasteiger partial charge in [0.25, 0.3) is 0 Å². The smallest absolute Gasteiger partial charge is 0.203 e. The Hall–Kier alpha value is -2.18. The number of benzene rings is 2. The predicted molar refractivity (Wildman–Crippen MR) is 94.6 cm³/mol. The molecule has 0 aliphatic rings. The third-order valence-corrected chi connectivity index (χ3v) is 4.19. The third-order valence-electron chi connectivity index (χ3n) is 2.91. The SMILES string of the molecule is Oc1ccc(C=NNc2nc(-c3ccc(Br)cc3)cs2)cc1. The fraction of sp³-hybridized carbons (Fsp3) is 0. The lowest BCUT2D eigenvalue weighted by atomic mass is 10.2. The van der Waals surface area contributed by atoms with Gasteiger partial charge in [-0.1, -0.05) is 28.1 Å². The topological polar surface area (TPSA) is 57.5 Å². The quantitative estimate of drug-likeness (QED) is 0.513. The van der Waals surface area contributed by atoms with E-state index in [4.69, 9.17) is 0 Å².